The molecule has 2 nitrogen and oxygen atoms in total. The molecule has 8 atom stereocenters. The van der Waals surface area contributed by atoms with E-state index in [0.717, 1.165) is 54.9 Å². The van der Waals surface area contributed by atoms with Crippen LogP contribution in [-0.2, 0) is 4.79 Å². The third kappa shape index (κ3) is 3.61. The Morgan fingerprint density at radius 3 is 2.66 bits per heavy atom. The maximum Gasteiger partial charge on any atom is 0.157 e. The molecule has 2 saturated carbocycles. The highest BCUT2D eigenvalue weighted by atomic mass is 16.1. The van der Waals surface area contributed by atoms with Crippen LogP contribution in [0.1, 0.15) is 98.8 Å². The summed E-state index contributed by atoms with van der Waals surface area (Å²) in [4.78, 5) is 12.0. The van der Waals surface area contributed by atoms with Crippen LogP contribution in [0.15, 0.2) is 11.8 Å². The standard InChI is InChI=1S/C27H45NO/c1-6-18(2)8-7-9-19(3)22-10-11-23-21-17-28-25-16-20(29)12-14-27(25,5)24(21)13-15-26(22,23)4/h16,18-19,21-24,28H,6-15,17H2,1-5H3/t18?,19-,21+,22-,23+,24+,26-,27-/m1/s1. The van der Waals surface area contributed by atoms with Gasteiger partial charge in [0.2, 0.25) is 0 Å². The molecule has 3 fully saturated rings. The van der Waals surface area contributed by atoms with Crippen LogP contribution in [0.4, 0.5) is 0 Å². The van der Waals surface area contributed by atoms with E-state index in [4.69, 9.17) is 0 Å². The Kier molecular flexibility index (Phi) is 5.95. The first kappa shape index (κ1) is 21.4. The number of allylic oxidation sites excluding steroid dienone is 2. The summed E-state index contributed by atoms with van der Waals surface area (Å²) in [5.41, 5.74) is 2.03. The molecule has 29 heavy (non-hydrogen) atoms. The second-order valence-corrected chi connectivity index (χ2v) is 11.8. The molecule has 164 valence electrons. The van der Waals surface area contributed by atoms with E-state index >= 15 is 0 Å². The lowest BCUT2D eigenvalue weighted by Gasteiger charge is -2.58. The average molecular weight is 400 g/mol. The molecule has 0 amide bonds. The number of nitrogens with one attached hydrogen (secondary N) is 1. The fourth-order valence-electron chi connectivity index (χ4n) is 8.31. The summed E-state index contributed by atoms with van der Waals surface area (Å²) in [6.45, 7) is 13.5. The van der Waals surface area contributed by atoms with Crippen molar-refractivity contribution in [3.05, 3.63) is 11.8 Å². The molecule has 1 heterocycles. The van der Waals surface area contributed by atoms with Gasteiger partial charge < -0.3 is 5.32 Å². The smallest absolute Gasteiger partial charge is 0.157 e. The fourth-order valence-corrected chi connectivity index (χ4v) is 8.31. The average Bonchev–Trinajstić information content (AvgIpc) is 3.05. The minimum absolute atomic E-state index is 0.220. The third-order valence-corrected chi connectivity index (χ3v) is 10.4. The second kappa shape index (κ2) is 8.04. The topological polar surface area (TPSA) is 29.1 Å². The summed E-state index contributed by atoms with van der Waals surface area (Å²) in [6, 6.07) is 0. The molecule has 0 aromatic rings. The van der Waals surface area contributed by atoms with E-state index in [1.165, 1.54) is 57.1 Å². The van der Waals surface area contributed by atoms with Gasteiger partial charge >= 0.3 is 0 Å². The number of carbonyl (C=O) groups is 1. The number of fused-ring (bicyclic) bond motifs is 5. The van der Waals surface area contributed by atoms with Crippen LogP contribution in [-0.4, -0.2) is 12.3 Å². The SMILES string of the molecule is CCC(C)CCC[C@@H](C)[C@H]1CC[C@H]2[C@@H]3CNC4=CC(=O)CC[C@]4(C)[C@H]3CC[C@]12C. The number of hydrogen-bond donors (Lipinski definition) is 1. The molecule has 1 saturated heterocycles. The Bertz CT molecular complexity index is 653. The summed E-state index contributed by atoms with van der Waals surface area (Å²) < 4.78 is 0. The lowest BCUT2D eigenvalue weighted by Crippen LogP contribution is -2.56. The van der Waals surface area contributed by atoms with Crippen molar-refractivity contribution in [2.45, 2.75) is 98.8 Å². The summed E-state index contributed by atoms with van der Waals surface area (Å²) in [5.74, 6) is 5.48. The molecule has 0 radical (unpaired) electrons. The first-order valence-electron chi connectivity index (χ1n) is 12.8. The monoisotopic (exact) mass is 399 g/mol. The lowest BCUT2D eigenvalue weighted by atomic mass is 9.49. The fraction of sp³-hybridized carbons (Fsp3) is 0.889. The van der Waals surface area contributed by atoms with Crippen LogP contribution in [0.5, 0.6) is 0 Å². The van der Waals surface area contributed by atoms with Gasteiger partial charge in [-0.25, -0.2) is 0 Å². The van der Waals surface area contributed by atoms with Gasteiger partial charge in [0.1, 0.15) is 0 Å². The molecule has 1 aliphatic heterocycles. The number of ketones is 1. The zero-order valence-electron chi connectivity index (χ0n) is 19.7. The zero-order valence-corrected chi connectivity index (χ0v) is 19.7. The maximum atomic E-state index is 12.0. The zero-order chi connectivity index (χ0) is 20.8. The molecule has 2 heteroatoms. The highest BCUT2D eigenvalue weighted by Gasteiger charge is 2.59. The predicted octanol–water partition coefficient (Wildman–Crippen LogP) is 6.75. The van der Waals surface area contributed by atoms with Crippen LogP contribution in [0.25, 0.3) is 0 Å². The largest absolute Gasteiger partial charge is 0.387 e. The van der Waals surface area contributed by atoms with E-state index in [9.17, 15) is 4.79 Å². The normalized spacial score (nSPS) is 43.5. The minimum Gasteiger partial charge on any atom is -0.387 e. The molecular weight excluding hydrogens is 354 g/mol. The first-order valence-corrected chi connectivity index (χ1v) is 12.8. The van der Waals surface area contributed by atoms with Gasteiger partial charge in [-0.2, -0.15) is 0 Å². The molecule has 4 rings (SSSR count). The van der Waals surface area contributed by atoms with Crippen LogP contribution in [0.3, 0.4) is 0 Å². The molecule has 0 aromatic heterocycles. The molecular formula is C27H45NO. The van der Waals surface area contributed by atoms with E-state index in [-0.39, 0.29) is 5.41 Å². The molecule has 4 aliphatic rings. The second-order valence-electron chi connectivity index (χ2n) is 11.8. The van der Waals surface area contributed by atoms with Crippen LogP contribution in [0.2, 0.25) is 0 Å². The van der Waals surface area contributed by atoms with Crippen LogP contribution < -0.4 is 5.32 Å². The van der Waals surface area contributed by atoms with E-state index in [1.54, 1.807) is 0 Å². The Hall–Kier alpha value is -0.790. The van der Waals surface area contributed by atoms with Crippen molar-refractivity contribution < 1.29 is 4.79 Å². The summed E-state index contributed by atoms with van der Waals surface area (Å²) in [7, 11) is 0. The van der Waals surface area contributed by atoms with Gasteiger partial charge in [-0.05, 0) is 73.0 Å². The van der Waals surface area contributed by atoms with Crippen LogP contribution in [0, 0.1) is 46.3 Å². The van der Waals surface area contributed by atoms with Crippen molar-refractivity contribution in [3.8, 4) is 0 Å². The van der Waals surface area contributed by atoms with Gasteiger partial charge in [0.15, 0.2) is 5.78 Å². The third-order valence-electron chi connectivity index (χ3n) is 10.4. The number of carbonyl (C=O) groups excluding carboxylic acids is 1. The highest BCUT2D eigenvalue weighted by molar-refractivity contribution is 5.91. The Labute approximate surface area is 179 Å². The molecule has 0 aromatic carbocycles. The predicted molar refractivity (Wildman–Crippen MR) is 121 cm³/mol. The molecule has 3 aliphatic carbocycles. The summed E-state index contributed by atoms with van der Waals surface area (Å²) in [5, 5.41) is 3.76. The van der Waals surface area contributed by atoms with Crippen molar-refractivity contribution in [1.29, 1.82) is 0 Å². The number of piperidine rings is 1. The van der Waals surface area contributed by atoms with E-state index in [0.29, 0.717) is 11.2 Å². The minimum atomic E-state index is 0.220. The van der Waals surface area contributed by atoms with Crippen molar-refractivity contribution >= 4 is 5.78 Å². The van der Waals surface area contributed by atoms with Crippen molar-refractivity contribution in [2.75, 3.05) is 6.54 Å². The van der Waals surface area contributed by atoms with E-state index in [2.05, 4.69) is 39.9 Å². The lowest BCUT2D eigenvalue weighted by molar-refractivity contribution is -0.117. The number of rotatable bonds is 6. The van der Waals surface area contributed by atoms with Crippen molar-refractivity contribution in [3.63, 3.8) is 0 Å². The Balaban J connectivity index is 1.46. The van der Waals surface area contributed by atoms with Gasteiger partial charge in [-0.15, -0.1) is 0 Å². The van der Waals surface area contributed by atoms with Gasteiger partial charge in [0.05, 0.1) is 0 Å². The Morgan fingerprint density at radius 1 is 1.10 bits per heavy atom. The number of hydrogen-bond acceptors (Lipinski definition) is 2. The van der Waals surface area contributed by atoms with Gasteiger partial charge in [0.25, 0.3) is 0 Å². The van der Waals surface area contributed by atoms with Crippen molar-refractivity contribution in [2.24, 2.45) is 46.3 Å². The van der Waals surface area contributed by atoms with E-state index in [1.807, 2.05) is 6.08 Å². The first-order chi connectivity index (χ1) is 13.8. The van der Waals surface area contributed by atoms with Gasteiger partial charge in [-0.1, -0.05) is 60.3 Å². The van der Waals surface area contributed by atoms with Gasteiger partial charge in [0, 0.05) is 30.2 Å². The van der Waals surface area contributed by atoms with Crippen LogP contribution >= 0.6 is 0 Å². The highest BCUT2D eigenvalue weighted by Crippen LogP contribution is 2.65. The van der Waals surface area contributed by atoms with Gasteiger partial charge in [-0.3, -0.25) is 4.79 Å². The Morgan fingerprint density at radius 2 is 1.90 bits per heavy atom. The quantitative estimate of drug-likeness (QED) is 0.535. The summed E-state index contributed by atoms with van der Waals surface area (Å²) in [6.07, 6.45) is 15.0. The summed E-state index contributed by atoms with van der Waals surface area (Å²) >= 11 is 0. The molecule has 0 spiro atoms. The maximum absolute atomic E-state index is 12.0. The molecule has 0 bridgehead atoms. The van der Waals surface area contributed by atoms with Crippen molar-refractivity contribution in [1.82, 2.24) is 5.32 Å². The molecule has 1 N–H and O–H groups in total. The van der Waals surface area contributed by atoms with E-state index < -0.39 is 0 Å². The molecule has 1 unspecified atom stereocenters.